The Morgan fingerprint density at radius 2 is 1.87 bits per heavy atom. The minimum atomic E-state index is -0.0601. The number of hydrogen-bond donors (Lipinski definition) is 1. The smallest absolute Gasteiger partial charge is 0.233 e. The summed E-state index contributed by atoms with van der Waals surface area (Å²) in [6.07, 6.45) is 2.90. The van der Waals surface area contributed by atoms with Gasteiger partial charge >= 0.3 is 0 Å². The highest BCUT2D eigenvalue weighted by Gasteiger charge is 2.23. The lowest BCUT2D eigenvalue weighted by Gasteiger charge is -2.22. The van der Waals surface area contributed by atoms with Crippen molar-refractivity contribution in [1.82, 2.24) is 9.78 Å². The van der Waals surface area contributed by atoms with E-state index in [1.807, 2.05) is 4.68 Å². The Labute approximate surface area is 92.1 Å². The van der Waals surface area contributed by atoms with Crippen molar-refractivity contribution in [2.75, 3.05) is 0 Å². The van der Waals surface area contributed by atoms with E-state index in [9.17, 15) is 5.11 Å². The van der Waals surface area contributed by atoms with Gasteiger partial charge < -0.3 is 5.11 Å². The van der Waals surface area contributed by atoms with Crippen LogP contribution in [0.5, 0.6) is 5.88 Å². The zero-order valence-corrected chi connectivity index (χ0v) is 10.5. The first-order chi connectivity index (χ1) is 6.91. The molecule has 15 heavy (non-hydrogen) atoms. The van der Waals surface area contributed by atoms with Crippen molar-refractivity contribution in [3.8, 4) is 5.88 Å². The molecule has 1 rings (SSSR count). The molecule has 0 amide bonds. The molecule has 3 heteroatoms. The summed E-state index contributed by atoms with van der Waals surface area (Å²) >= 11 is 0. The fraction of sp³-hybridized carbons (Fsp3) is 0.750. The molecule has 0 saturated carbocycles. The summed E-state index contributed by atoms with van der Waals surface area (Å²) in [5, 5.41) is 14.0. The number of hydrogen-bond acceptors (Lipinski definition) is 2. The van der Waals surface area contributed by atoms with Crippen LogP contribution in [0.1, 0.15) is 52.3 Å². The predicted octanol–water partition coefficient (Wildman–Crippen LogP) is 2.86. The Morgan fingerprint density at radius 3 is 2.27 bits per heavy atom. The normalized spacial score (nSPS) is 12.1. The maximum atomic E-state index is 9.77. The van der Waals surface area contributed by atoms with E-state index in [0.717, 1.165) is 24.8 Å². The monoisotopic (exact) mass is 210 g/mol. The van der Waals surface area contributed by atoms with Crippen LogP contribution in [0.3, 0.4) is 0 Å². The standard InChI is InChI=1S/C12H22N2O/c1-6-8-10-9(7-2)11(15)13-14(10)12(3,4)5/h6-8H2,1-5H3,(H,13,15). The summed E-state index contributed by atoms with van der Waals surface area (Å²) in [5.41, 5.74) is 2.13. The largest absolute Gasteiger partial charge is 0.492 e. The third-order valence-corrected chi connectivity index (χ3v) is 2.54. The molecule has 0 aromatic carbocycles. The molecule has 0 radical (unpaired) electrons. The average Bonchev–Trinajstić information content (AvgIpc) is 2.42. The Kier molecular flexibility index (Phi) is 3.42. The molecule has 1 N–H and O–H groups in total. The van der Waals surface area contributed by atoms with E-state index in [2.05, 4.69) is 39.7 Å². The van der Waals surface area contributed by atoms with Gasteiger partial charge in [-0.2, -0.15) is 0 Å². The van der Waals surface area contributed by atoms with E-state index in [0.29, 0.717) is 0 Å². The molecule has 0 atom stereocenters. The number of rotatable bonds is 3. The SMILES string of the molecule is CCCc1c(CC)c(O)nn1C(C)(C)C. The van der Waals surface area contributed by atoms with E-state index >= 15 is 0 Å². The minimum absolute atomic E-state index is 0.0601. The molecule has 86 valence electrons. The van der Waals surface area contributed by atoms with Crippen molar-refractivity contribution in [3.63, 3.8) is 0 Å². The van der Waals surface area contributed by atoms with Crippen molar-refractivity contribution in [1.29, 1.82) is 0 Å². The van der Waals surface area contributed by atoms with Crippen LogP contribution in [0.25, 0.3) is 0 Å². The predicted molar refractivity (Wildman–Crippen MR) is 62.3 cm³/mol. The highest BCUT2D eigenvalue weighted by Crippen LogP contribution is 2.27. The van der Waals surface area contributed by atoms with E-state index in [4.69, 9.17) is 0 Å². The maximum Gasteiger partial charge on any atom is 0.233 e. The summed E-state index contributed by atoms with van der Waals surface area (Å²) in [4.78, 5) is 0. The Hall–Kier alpha value is -0.990. The number of aromatic hydroxyl groups is 1. The quantitative estimate of drug-likeness (QED) is 0.833. The lowest BCUT2D eigenvalue weighted by Crippen LogP contribution is -2.25. The van der Waals surface area contributed by atoms with Gasteiger partial charge in [-0.15, -0.1) is 5.10 Å². The van der Waals surface area contributed by atoms with Gasteiger partial charge in [-0.1, -0.05) is 20.3 Å². The summed E-state index contributed by atoms with van der Waals surface area (Å²) in [6.45, 7) is 10.5. The van der Waals surface area contributed by atoms with E-state index in [1.54, 1.807) is 0 Å². The van der Waals surface area contributed by atoms with E-state index < -0.39 is 0 Å². The van der Waals surface area contributed by atoms with Gasteiger partial charge in [-0.3, -0.25) is 4.68 Å². The zero-order valence-electron chi connectivity index (χ0n) is 10.5. The molecule has 1 aromatic rings. The maximum absolute atomic E-state index is 9.77. The van der Waals surface area contributed by atoms with E-state index in [1.165, 1.54) is 5.69 Å². The Balaban J connectivity index is 3.27. The molecule has 0 spiro atoms. The van der Waals surface area contributed by atoms with Crippen molar-refractivity contribution < 1.29 is 5.11 Å². The fourth-order valence-corrected chi connectivity index (χ4v) is 1.88. The molecule has 0 fully saturated rings. The van der Waals surface area contributed by atoms with Gasteiger partial charge in [0, 0.05) is 11.3 Å². The Morgan fingerprint density at radius 1 is 1.27 bits per heavy atom. The number of nitrogens with zero attached hydrogens (tertiary/aromatic N) is 2. The van der Waals surface area contributed by atoms with Crippen LogP contribution in [-0.2, 0) is 18.4 Å². The summed E-state index contributed by atoms with van der Waals surface area (Å²) in [7, 11) is 0. The van der Waals surface area contributed by atoms with Crippen LogP contribution in [0.2, 0.25) is 0 Å². The highest BCUT2D eigenvalue weighted by molar-refractivity contribution is 5.31. The summed E-state index contributed by atoms with van der Waals surface area (Å²) in [5.74, 6) is 0.205. The third-order valence-electron chi connectivity index (χ3n) is 2.54. The lowest BCUT2D eigenvalue weighted by molar-refractivity contribution is 0.328. The lowest BCUT2D eigenvalue weighted by atomic mass is 10.1. The molecule has 1 heterocycles. The second kappa shape index (κ2) is 4.25. The van der Waals surface area contributed by atoms with Crippen molar-refractivity contribution in [2.24, 2.45) is 0 Å². The van der Waals surface area contributed by atoms with Crippen LogP contribution < -0.4 is 0 Å². The Bertz CT molecular complexity index is 334. The first kappa shape index (κ1) is 12.1. The molecule has 1 aromatic heterocycles. The molecule has 0 saturated heterocycles. The average molecular weight is 210 g/mol. The van der Waals surface area contributed by atoms with Gasteiger partial charge in [0.2, 0.25) is 5.88 Å². The first-order valence-electron chi connectivity index (χ1n) is 5.72. The fourth-order valence-electron chi connectivity index (χ4n) is 1.88. The van der Waals surface area contributed by atoms with Gasteiger partial charge in [-0.25, -0.2) is 0 Å². The van der Waals surface area contributed by atoms with Crippen LogP contribution >= 0.6 is 0 Å². The van der Waals surface area contributed by atoms with Crippen molar-refractivity contribution >= 4 is 0 Å². The van der Waals surface area contributed by atoms with Crippen LogP contribution in [0.4, 0.5) is 0 Å². The molecule has 0 aliphatic heterocycles. The molecule has 0 aliphatic carbocycles. The van der Waals surface area contributed by atoms with Gasteiger partial charge in [0.15, 0.2) is 0 Å². The minimum Gasteiger partial charge on any atom is -0.492 e. The van der Waals surface area contributed by atoms with Gasteiger partial charge in [-0.05, 0) is 33.6 Å². The third kappa shape index (κ3) is 2.33. The topological polar surface area (TPSA) is 38.1 Å². The molecular formula is C12H22N2O. The first-order valence-corrected chi connectivity index (χ1v) is 5.72. The van der Waals surface area contributed by atoms with Crippen molar-refractivity contribution in [2.45, 2.75) is 59.4 Å². The van der Waals surface area contributed by atoms with Crippen LogP contribution in [0.15, 0.2) is 0 Å². The van der Waals surface area contributed by atoms with Gasteiger partial charge in [0.05, 0.1) is 5.54 Å². The second-order valence-corrected chi connectivity index (χ2v) is 4.94. The van der Waals surface area contributed by atoms with Gasteiger partial charge in [0.1, 0.15) is 0 Å². The molecule has 3 nitrogen and oxygen atoms in total. The molecule has 0 bridgehead atoms. The second-order valence-electron chi connectivity index (χ2n) is 4.94. The highest BCUT2D eigenvalue weighted by atomic mass is 16.3. The molecule has 0 aliphatic rings. The summed E-state index contributed by atoms with van der Waals surface area (Å²) < 4.78 is 1.96. The summed E-state index contributed by atoms with van der Waals surface area (Å²) in [6, 6.07) is 0. The number of aromatic nitrogens is 2. The van der Waals surface area contributed by atoms with E-state index in [-0.39, 0.29) is 11.4 Å². The van der Waals surface area contributed by atoms with Crippen LogP contribution in [-0.4, -0.2) is 14.9 Å². The molecule has 0 unspecified atom stereocenters. The van der Waals surface area contributed by atoms with Crippen LogP contribution in [0, 0.1) is 0 Å². The zero-order chi connectivity index (χ0) is 11.6. The van der Waals surface area contributed by atoms with Crippen molar-refractivity contribution in [3.05, 3.63) is 11.3 Å². The molecular weight excluding hydrogens is 188 g/mol. The van der Waals surface area contributed by atoms with Gasteiger partial charge in [0.25, 0.3) is 0 Å².